The van der Waals surface area contributed by atoms with Gasteiger partial charge in [0.25, 0.3) is 5.89 Å². The Balaban J connectivity index is 1.99. The lowest BCUT2D eigenvalue weighted by molar-refractivity contribution is 0.372. The van der Waals surface area contributed by atoms with Crippen molar-refractivity contribution in [1.82, 2.24) is 14.9 Å². The van der Waals surface area contributed by atoms with Gasteiger partial charge in [-0.2, -0.15) is 4.98 Å². The second kappa shape index (κ2) is 6.27. The number of nitrogens with one attached hydrogen (secondary N) is 1. The zero-order chi connectivity index (χ0) is 17.4. The average molecular weight is 350 g/mol. The molecule has 1 aromatic heterocycles. The van der Waals surface area contributed by atoms with Crippen LogP contribution in [0.15, 0.2) is 27.6 Å². The van der Waals surface area contributed by atoms with Crippen LogP contribution in [0.1, 0.15) is 44.0 Å². The summed E-state index contributed by atoms with van der Waals surface area (Å²) in [7, 11) is -3.54. The van der Waals surface area contributed by atoms with E-state index >= 15 is 0 Å². The monoisotopic (exact) mass is 350 g/mol. The molecule has 2 aromatic rings. The third-order valence-corrected chi connectivity index (χ3v) is 5.99. The van der Waals surface area contributed by atoms with E-state index in [0.29, 0.717) is 23.8 Å². The summed E-state index contributed by atoms with van der Waals surface area (Å²) < 4.78 is 32.2. The Bertz CT molecular complexity index is 839. The van der Waals surface area contributed by atoms with Crippen molar-refractivity contribution < 1.29 is 12.9 Å². The predicted octanol–water partition coefficient (Wildman–Crippen LogP) is 2.07. The van der Waals surface area contributed by atoms with Gasteiger partial charge < -0.3 is 10.3 Å². The van der Waals surface area contributed by atoms with Crippen molar-refractivity contribution in [2.75, 3.05) is 6.54 Å². The van der Waals surface area contributed by atoms with Crippen LogP contribution in [0.2, 0.25) is 0 Å². The first-order chi connectivity index (χ1) is 11.4. The van der Waals surface area contributed by atoms with Crippen molar-refractivity contribution >= 4 is 10.0 Å². The molecule has 0 atom stereocenters. The van der Waals surface area contributed by atoms with E-state index in [0.717, 1.165) is 31.2 Å². The van der Waals surface area contributed by atoms with E-state index < -0.39 is 15.6 Å². The molecule has 1 heterocycles. The van der Waals surface area contributed by atoms with Gasteiger partial charge in [-0.25, -0.2) is 13.1 Å². The van der Waals surface area contributed by atoms with E-state index in [9.17, 15) is 8.42 Å². The van der Waals surface area contributed by atoms with Crippen LogP contribution in [0.3, 0.4) is 0 Å². The molecular formula is C16H22N4O3S. The third-order valence-electron chi connectivity index (χ3n) is 4.45. The zero-order valence-corrected chi connectivity index (χ0v) is 14.7. The second-order valence-corrected chi connectivity index (χ2v) is 8.03. The first-order valence-electron chi connectivity index (χ1n) is 8.09. The summed E-state index contributed by atoms with van der Waals surface area (Å²) >= 11 is 0. The SMILES string of the molecule is CCNS(=O)(=O)c1ccc(C)c(-c2nc(C3(N)CCCC3)no2)c1. The van der Waals surface area contributed by atoms with Crippen LogP contribution in [-0.4, -0.2) is 25.1 Å². The molecule has 0 spiro atoms. The quantitative estimate of drug-likeness (QED) is 0.854. The van der Waals surface area contributed by atoms with Crippen LogP contribution >= 0.6 is 0 Å². The minimum absolute atomic E-state index is 0.174. The molecule has 3 rings (SSSR count). The number of nitrogens with zero attached hydrogens (tertiary/aromatic N) is 2. The fraction of sp³-hybridized carbons (Fsp3) is 0.500. The number of benzene rings is 1. The number of rotatable bonds is 5. The molecule has 1 fully saturated rings. The molecule has 130 valence electrons. The standard InChI is InChI=1S/C16H22N4O3S/c1-3-18-24(21,22)12-7-6-11(2)13(10-12)14-19-15(20-23-14)16(17)8-4-5-9-16/h6-7,10,18H,3-5,8-9,17H2,1-2H3. The van der Waals surface area contributed by atoms with Crippen LogP contribution in [0.4, 0.5) is 0 Å². The van der Waals surface area contributed by atoms with Crippen molar-refractivity contribution in [1.29, 1.82) is 0 Å². The van der Waals surface area contributed by atoms with Gasteiger partial charge in [-0.1, -0.05) is 31.0 Å². The van der Waals surface area contributed by atoms with Crippen LogP contribution in [-0.2, 0) is 15.6 Å². The van der Waals surface area contributed by atoms with Gasteiger partial charge in [0.2, 0.25) is 10.0 Å². The number of hydrogen-bond acceptors (Lipinski definition) is 6. The Morgan fingerprint density at radius 2 is 2.04 bits per heavy atom. The van der Waals surface area contributed by atoms with Crippen molar-refractivity contribution in [3.63, 3.8) is 0 Å². The highest BCUT2D eigenvalue weighted by Crippen LogP contribution is 2.36. The topological polar surface area (TPSA) is 111 Å². The summed E-state index contributed by atoms with van der Waals surface area (Å²) in [5.41, 5.74) is 7.28. The van der Waals surface area contributed by atoms with E-state index in [4.69, 9.17) is 10.3 Å². The molecule has 0 radical (unpaired) electrons. The lowest BCUT2D eigenvalue weighted by Crippen LogP contribution is -2.34. The Labute approximate surface area is 141 Å². The van der Waals surface area contributed by atoms with Crippen molar-refractivity contribution in [3.05, 3.63) is 29.6 Å². The van der Waals surface area contributed by atoms with Crippen LogP contribution in [0.5, 0.6) is 0 Å². The minimum atomic E-state index is -3.54. The fourth-order valence-corrected chi connectivity index (χ4v) is 4.10. The molecule has 0 bridgehead atoms. The summed E-state index contributed by atoms with van der Waals surface area (Å²) in [6, 6.07) is 4.86. The van der Waals surface area contributed by atoms with Crippen molar-refractivity contribution in [3.8, 4) is 11.5 Å². The molecule has 3 N–H and O–H groups in total. The summed E-state index contributed by atoms with van der Waals surface area (Å²) in [6.45, 7) is 3.93. The lowest BCUT2D eigenvalue weighted by atomic mass is 9.98. The molecule has 24 heavy (non-hydrogen) atoms. The highest BCUT2D eigenvalue weighted by Gasteiger charge is 2.36. The Kier molecular flexibility index (Phi) is 4.46. The van der Waals surface area contributed by atoms with Gasteiger partial charge in [-0.3, -0.25) is 0 Å². The molecule has 1 aliphatic carbocycles. The van der Waals surface area contributed by atoms with Gasteiger partial charge in [-0.15, -0.1) is 0 Å². The van der Waals surface area contributed by atoms with Crippen LogP contribution in [0.25, 0.3) is 11.5 Å². The van der Waals surface area contributed by atoms with E-state index in [1.54, 1.807) is 25.1 Å². The number of nitrogens with two attached hydrogens (primary N) is 1. The molecule has 7 nitrogen and oxygen atoms in total. The molecular weight excluding hydrogens is 328 g/mol. The Hall–Kier alpha value is -1.77. The molecule has 1 saturated carbocycles. The van der Waals surface area contributed by atoms with Crippen molar-refractivity contribution in [2.45, 2.75) is 50.0 Å². The fourth-order valence-electron chi connectivity index (χ4n) is 3.04. The first kappa shape index (κ1) is 17.1. The van der Waals surface area contributed by atoms with Crippen LogP contribution < -0.4 is 10.5 Å². The maximum Gasteiger partial charge on any atom is 0.258 e. The average Bonchev–Trinajstić information content (AvgIpc) is 3.17. The van der Waals surface area contributed by atoms with E-state index in [2.05, 4.69) is 14.9 Å². The predicted molar refractivity (Wildman–Crippen MR) is 89.7 cm³/mol. The number of sulfonamides is 1. The molecule has 0 saturated heterocycles. The summed E-state index contributed by atoms with van der Waals surface area (Å²) in [5.74, 6) is 0.794. The van der Waals surface area contributed by atoms with Crippen molar-refractivity contribution in [2.24, 2.45) is 5.73 Å². The maximum atomic E-state index is 12.2. The largest absolute Gasteiger partial charge is 0.334 e. The van der Waals surface area contributed by atoms with E-state index in [1.165, 1.54) is 0 Å². The van der Waals surface area contributed by atoms with Gasteiger partial charge in [-0.05, 0) is 37.5 Å². The van der Waals surface area contributed by atoms with Gasteiger partial charge in [0.1, 0.15) is 0 Å². The zero-order valence-electron chi connectivity index (χ0n) is 13.9. The first-order valence-corrected chi connectivity index (χ1v) is 9.58. The normalized spacial score (nSPS) is 17.3. The third kappa shape index (κ3) is 3.09. The molecule has 1 aliphatic rings. The molecule has 0 amide bonds. The number of aromatic nitrogens is 2. The van der Waals surface area contributed by atoms with Gasteiger partial charge in [0.15, 0.2) is 5.82 Å². The number of aryl methyl sites for hydroxylation is 1. The van der Waals surface area contributed by atoms with Crippen LogP contribution in [0, 0.1) is 6.92 Å². The summed E-state index contributed by atoms with van der Waals surface area (Å²) in [4.78, 5) is 4.62. The number of hydrogen-bond donors (Lipinski definition) is 2. The summed E-state index contributed by atoms with van der Waals surface area (Å²) in [5, 5.41) is 4.04. The Morgan fingerprint density at radius 1 is 1.33 bits per heavy atom. The van der Waals surface area contributed by atoms with Gasteiger partial charge >= 0.3 is 0 Å². The van der Waals surface area contributed by atoms with Gasteiger partial charge in [0, 0.05) is 12.1 Å². The smallest absolute Gasteiger partial charge is 0.258 e. The van der Waals surface area contributed by atoms with E-state index in [-0.39, 0.29) is 4.90 Å². The lowest BCUT2D eigenvalue weighted by Gasteiger charge is -2.17. The summed E-state index contributed by atoms with van der Waals surface area (Å²) in [6.07, 6.45) is 3.77. The minimum Gasteiger partial charge on any atom is -0.334 e. The maximum absolute atomic E-state index is 12.2. The molecule has 1 aromatic carbocycles. The molecule has 0 unspecified atom stereocenters. The van der Waals surface area contributed by atoms with Gasteiger partial charge in [0.05, 0.1) is 10.4 Å². The van der Waals surface area contributed by atoms with E-state index in [1.807, 2.05) is 6.92 Å². The Morgan fingerprint density at radius 3 is 2.71 bits per heavy atom. The highest BCUT2D eigenvalue weighted by atomic mass is 32.2. The molecule has 8 heteroatoms. The molecule has 0 aliphatic heterocycles. The second-order valence-electron chi connectivity index (χ2n) is 6.26. The highest BCUT2D eigenvalue weighted by molar-refractivity contribution is 7.89.